The van der Waals surface area contributed by atoms with E-state index in [-0.39, 0.29) is 12.0 Å². The second kappa shape index (κ2) is 14.6. The summed E-state index contributed by atoms with van der Waals surface area (Å²) in [7, 11) is 0. The summed E-state index contributed by atoms with van der Waals surface area (Å²) in [4.78, 5) is 11.1. The number of thiophene rings is 1. The van der Waals surface area contributed by atoms with Gasteiger partial charge < -0.3 is 0 Å². The molecule has 48 heavy (non-hydrogen) atoms. The van der Waals surface area contributed by atoms with Crippen molar-refractivity contribution in [3.63, 3.8) is 0 Å². The van der Waals surface area contributed by atoms with Crippen LogP contribution in [0.1, 0.15) is 76.5 Å². The Morgan fingerprint density at radius 2 is 1.81 bits per heavy atom. The fraction of sp³-hybridized carbons (Fsp3) is 0.333. The number of allylic oxidation sites excluding steroid dienone is 7. The molecule has 0 bridgehead atoms. The Morgan fingerprint density at radius 1 is 0.958 bits per heavy atom. The Morgan fingerprint density at radius 3 is 2.60 bits per heavy atom. The minimum Gasteiger partial charge on any atom is -0.258 e. The van der Waals surface area contributed by atoms with Gasteiger partial charge in [0.2, 0.25) is 0 Å². The second-order valence-electron chi connectivity index (χ2n) is 13.9. The molecule has 4 atom stereocenters. The normalized spacial score (nSPS) is 22.0. The summed E-state index contributed by atoms with van der Waals surface area (Å²) in [6, 6.07) is 25.0. The molecule has 3 heteroatoms. The van der Waals surface area contributed by atoms with Crippen molar-refractivity contribution in [2.45, 2.75) is 78.7 Å². The van der Waals surface area contributed by atoms with Gasteiger partial charge in [0, 0.05) is 37.6 Å². The Hall–Kier alpha value is -4.08. The molecule has 2 aliphatic carbocycles. The number of amidine groups is 1. The maximum absolute atomic E-state index is 5.57. The van der Waals surface area contributed by atoms with Crippen molar-refractivity contribution in [2.24, 2.45) is 27.7 Å². The zero-order chi connectivity index (χ0) is 33.0. The van der Waals surface area contributed by atoms with Crippen LogP contribution in [0.4, 0.5) is 0 Å². The average Bonchev–Trinajstić information content (AvgIpc) is 3.50. The minimum atomic E-state index is 0.0705. The summed E-state index contributed by atoms with van der Waals surface area (Å²) in [5, 5.41) is 2.72. The van der Waals surface area contributed by atoms with E-state index >= 15 is 0 Å². The van der Waals surface area contributed by atoms with Gasteiger partial charge in [0.15, 0.2) is 5.84 Å². The summed E-state index contributed by atoms with van der Waals surface area (Å²) in [5.74, 6) is 2.10. The van der Waals surface area contributed by atoms with E-state index < -0.39 is 0 Å². The molecule has 0 amide bonds. The van der Waals surface area contributed by atoms with Crippen LogP contribution in [0.2, 0.25) is 0 Å². The third-order valence-corrected chi connectivity index (χ3v) is 11.5. The number of hydrogen-bond donors (Lipinski definition) is 0. The van der Waals surface area contributed by atoms with E-state index in [2.05, 4.69) is 137 Å². The fourth-order valence-electron chi connectivity index (χ4n) is 7.92. The van der Waals surface area contributed by atoms with Gasteiger partial charge in [-0.15, -0.1) is 11.3 Å². The highest BCUT2D eigenvalue weighted by atomic mass is 32.1. The smallest absolute Gasteiger partial charge is 0.151 e. The summed E-state index contributed by atoms with van der Waals surface area (Å²) in [5.41, 5.74) is 9.34. The third kappa shape index (κ3) is 6.76. The molecule has 0 radical (unpaired) electrons. The molecule has 0 fully saturated rings. The molecule has 0 N–H and O–H groups in total. The highest BCUT2D eigenvalue weighted by Gasteiger charge is 2.34. The first-order valence-electron chi connectivity index (χ1n) is 18.1. The molecule has 244 valence electrons. The average molecular weight is 649 g/mol. The van der Waals surface area contributed by atoms with E-state index in [0.717, 1.165) is 50.8 Å². The van der Waals surface area contributed by atoms with Crippen molar-refractivity contribution in [2.75, 3.05) is 0 Å². The van der Waals surface area contributed by atoms with Gasteiger partial charge in [0.05, 0.1) is 11.8 Å². The molecule has 3 aromatic carbocycles. The van der Waals surface area contributed by atoms with E-state index in [1.165, 1.54) is 59.3 Å². The van der Waals surface area contributed by atoms with Crippen LogP contribution in [0.25, 0.3) is 20.2 Å². The molecule has 4 aromatic rings. The van der Waals surface area contributed by atoms with E-state index in [0.29, 0.717) is 11.8 Å². The molecule has 1 aliphatic heterocycles. The quantitative estimate of drug-likeness (QED) is 0.153. The highest BCUT2D eigenvalue weighted by Crippen LogP contribution is 2.41. The van der Waals surface area contributed by atoms with Gasteiger partial charge in [0.25, 0.3) is 0 Å². The maximum atomic E-state index is 5.57. The molecule has 7 rings (SSSR count). The largest absolute Gasteiger partial charge is 0.258 e. The lowest BCUT2D eigenvalue weighted by Gasteiger charge is -2.32. The number of fused-ring (bicyclic) bond motifs is 3. The van der Waals surface area contributed by atoms with Crippen LogP contribution in [0.3, 0.4) is 0 Å². The van der Waals surface area contributed by atoms with Crippen molar-refractivity contribution in [3.8, 4) is 0 Å². The Balaban J connectivity index is 1.31. The number of hydrogen-bond acceptors (Lipinski definition) is 3. The van der Waals surface area contributed by atoms with E-state index in [1.807, 2.05) is 11.3 Å². The van der Waals surface area contributed by atoms with E-state index in [9.17, 15) is 0 Å². The monoisotopic (exact) mass is 648 g/mol. The van der Waals surface area contributed by atoms with Crippen LogP contribution >= 0.6 is 11.3 Å². The number of benzene rings is 3. The minimum absolute atomic E-state index is 0.0705. The molecule has 2 heterocycles. The highest BCUT2D eigenvalue weighted by molar-refractivity contribution is 7.25. The number of nitrogens with zero attached hydrogens (tertiary/aromatic N) is 2. The lowest BCUT2D eigenvalue weighted by molar-refractivity contribution is 0.568. The van der Waals surface area contributed by atoms with Gasteiger partial charge in [-0.1, -0.05) is 117 Å². The van der Waals surface area contributed by atoms with E-state index in [4.69, 9.17) is 9.98 Å². The lowest BCUT2D eigenvalue weighted by atomic mass is 9.80. The van der Waals surface area contributed by atoms with Gasteiger partial charge in [-0.2, -0.15) is 0 Å². The van der Waals surface area contributed by atoms with Crippen molar-refractivity contribution in [3.05, 3.63) is 143 Å². The molecule has 2 nitrogen and oxygen atoms in total. The Bertz CT molecular complexity index is 2010. The second-order valence-corrected chi connectivity index (χ2v) is 15.0. The van der Waals surface area contributed by atoms with Crippen molar-refractivity contribution < 1.29 is 0 Å². The van der Waals surface area contributed by atoms with Crippen molar-refractivity contribution in [1.29, 1.82) is 0 Å². The molecule has 0 spiro atoms. The predicted octanol–water partition coefficient (Wildman–Crippen LogP) is 12.2. The zero-order valence-electron chi connectivity index (χ0n) is 29.0. The lowest BCUT2D eigenvalue weighted by Crippen LogP contribution is -2.34. The summed E-state index contributed by atoms with van der Waals surface area (Å²) < 4.78 is 2.69. The van der Waals surface area contributed by atoms with Crippen molar-refractivity contribution in [1.82, 2.24) is 0 Å². The topological polar surface area (TPSA) is 24.7 Å². The molecular weight excluding hydrogens is 601 g/mol. The Labute approximate surface area is 291 Å². The first-order valence-corrected chi connectivity index (χ1v) is 18.9. The van der Waals surface area contributed by atoms with Gasteiger partial charge in [-0.3, -0.25) is 4.99 Å². The van der Waals surface area contributed by atoms with Crippen molar-refractivity contribution >= 4 is 43.1 Å². The summed E-state index contributed by atoms with van der Waals surface area (Å²) >= 11 is 1.91. The van der Waals surface area contributed by atoms with Crippen LogP contribution < -0.4 is 0 Å². The van der Waals surface area contributed by atoms with E-state index in [1.54, 1.807) is 0 Å². The van der Waals surface area contributed by atoms with Crippen LogP contribution in [0.5, 0.6) is 0 Å². The number of aliphatic imine (C=N–C) groups is 2. The zero-order valence-corrected chi connectivity index (χ0v) is 29.8. The molecule has 1 aromatic heterocycles. The third-order valence-electron chi connectivity index (χ3n) is 10.4. The van der Waals surface area contributed by atoms with Gasteiger partial charge in [-0.05, 0) is 98.3 Å². The van der Waals surface area contributed by atoms with Gasteiger partial charge in [0.1, 0.15) is 0 Å². The first-order chi connectivity index (χ1) is 23.5. The summed E-state index contributed by atoms with van der Waals surface area (Å²) in [6.07, 6.45) is 23.6. The molecular formula is C45H48N2S. The van der Waals surface area contributed by atoms with Gasteiger partial charge >= 0.3 is 0 Å². The standard InChI is InChI=1S/C45H48N2S/c1-5-15-31(4)35-20-13-21-36(29-35)45-46-43(34-18-11-8-12-19-34)37(6-2)44(47-45)38-22-14-23-41-42(38)39-28-33(24-25-40(39)48-41)27-30(3)26-32-16-9-7-10-17-32/h7,9-11,13-25,28,30,35,37,43H,5-6,8,12,26-27,29H2,1-4H3/b31-15-. The number of rotatable bonds is 10. The van der Waals surface area contributed by atoms with Crippen LogP contribution in [-0.4, -0.2) is 17.6 Å². The maximum Gasteiger partial charge on any atom is 0.151 e. The summed E-state index contributed by atoms with van der Waals surface area (Å²) in [6.45, 7) is 9.19. The molecule has 0 saturated carbocycles. The Kier molecular flexibility index (Phi) is 9.86. The molecule has 0 saturated heterocycles. The van der Waals surface area contributed by atoms with Crippen LogP contribution in [0, 0.1) is 17.8 Å². The first kappa shape index (κ1) is 32.5. The van der Waals surface area contributed by atoms with Gasteiger partial charge in [-0.25, -0.2) is 4.99 Å². The fourth-order valence-corrected chi connectivity index (χ4v) is 9.04. The predicted molar refractivity (Wildman–Crippen MR) is 210 cm³/mol. The van der Waals surface area contributed by atoms with Crippen LogP contribution in [0.15, 0.2) is 136 Å². The SMILES string of the molecule is CC/C=C(/C)C1C=CC=C(C2=NC(C3=CCCC=C3)C(CC)C(c3cccc4sc5ccc(CC(C)Cc6ccccc6)cc5c34)=N2)C1. The van der Waals surface area contributed by atoms with Crippen LogP contribution in [-0.2, 0) is 12.8 Å². The molecule has 4 unspecified atom stereocenters. The molecule has 3 aliphatic rings.